The Morgan fingerprint density at radius 2 is 1.65 bits per heavy atom. The SMILES string of the molecule is Cc1cccc(-c2cccc(CN3CCNCC3)c2)c1. The monoisotopic (exact) mass is 266 g/mol. The summed E-state index contributed by atoms with van der Waals surface area (Å²) in [4.78, 5) is 2.52. The second-order valence-corrected chi connectivity index (χ2v) is 5.60. The van der Waals surface area contributed by atoms with Gasteiger partial charge in [0.05, 0.1) is 0 Å². The summed E-state index contributed by atoms with van der Waals surface area (Å²) in [6.07, 6.45) is 0. The molecule has 1 aliphatic heterocycles. The van der Waals surface area contributed by atoms with E-state index in [1.54, 1.807) is 0 Å². The molecule has 20 heavy (non-hydrogen) atoms. The summed E-state index contributed by atoms with van der Waals surface area (Å²) in [5, 5.41) is 3.40. The second-order valence-electron chi connectivity index (χ2n) is 5.60. The lowest BCUT2D eigenvalue weighted by atomic mass is 10.0. The molecule has 1 aliphatic rings. The Bertz CT molecular complexity index is 571. The van der Waals surface area contributed by atoms with Crippen LogP contribution in [0.15, 0.2) is 48.5 Å². The lowest BCUT2D eigenvalue weighted by Crippen LogP contribution is -2.42. The van der Waals surface area contributed by atoms with Gasteiger partial charge < -0.3 is 5.32 Å². The first-order valence-electron chi connectivity index (χ1n) is 7.40. The molecule has 0 amide bonds. The van der Waals surface area contributed by atoms with Crippen LogP contribution >= 0.6 is 0 Å². The molecule has 3 rings (SSSR count). The van der Waals surface area contributed by atoms with E-state index in [4.69, 9.17) is 0 Å². The van der Waals surface area contributed by atoms with Gasteiger partial charge in [-0.15, -0.1) is 0 Å². The van der Waals surface area contributed by atoms with Crippen molar-refractivity contribution in [2.24, 2.45) is 0 Å². The lowest BCUT2D eigenvalue weighted by molar-refractivity contribution is 0.233. The third-order valence-corrected chi connectivity index (χ3v) is 3.89. The van der Waals surface area contributed by atoms with E-state index < -0.39 is 0 Å². The maximum atomic E-state index is 3.40. The molecular formula is C18H22N2. The summed E-state index contributed by atoms with van der Waals surface area (Å²) in [5.74, 6) is 0. The van der Waals surface area contributed by atoms with E-state index in [0.717, 1.165) is 32.7 Å². The van der Waals surface area contributed by atoms with Gasteiger partial charge >= 0.3 is 0 Å². The highest BCUT2D eigenvalue weighted by Crippen LogP contribution is 2.22. The van der Waals surface area contributed by atoms with E-state index in [0.29, 0.717) is 0 Å². The molecule has 0 atom stereocenters. The van der Waals surface area contributed by atoms with Crippen LogP contribution in [0, 0.1) is 6.92 Å². The van der Waals surface area contributed by atoms with E-state index in [-0.39, 0.29) is 0 Å². The van der Waals surface area contributed by atoms with Gasteiger partial charge in [0, 0.05) is 32.7 Å². The Kier molecular flexibility index (Phi) is 4.14. The summed E-state index contributed by atoms with van der Waals surface area (Å²) in [5.41, 5.74) is 5.36. The summed E-state index contributed by atoms with van der Waals surface area (Å²) >= 11 is 0. The van der Waals surface area contributed by atoms with E-state index in [1.807, 2.05) is 0 Å². The molecule has 0 spiro atoms. The maximum absolute atomic E-state index is 3.40. The number of hydrogen-bond acceptors (Lipinski definition) is 2. The van der Waals surface area contributed by atoms with Crippen LogP contribution in [-0.4, -0.2) is 31.1 Å². The Hall–Kier alpha value is -1.64. The van der Waals surface area contributed by atoms with Crippen LogP contribution in [0.1, 0.15) is 11.1 Å². The number of aryl methyl sites for hydroxylation is 1. The van der Waals surface area contributed by atoms with Crippen LogP contribution in [0.5, 0.6) is 0 Å². The number of nitrogens with one attached hydrogen (secondary N) is 1. The van der Waals surface area contributed by atoms with E-state index in [9.17, 15) is 0 Å². The van der Waals surface area contributed by atoms with E-state index in [2.05, 4.69) is 65.7 Å². The highest BCUT2D eigenvalue weighted by atomic mass is 15.2. The zero-order valence-electron chi connectivity index (χ0n) is 12.1. The summed E-state index contributed by atoms with van der Waals surface area (Å²) in [7, 11) is 0. The third kappa shape index (κ3) is 3.27. The van der Waals surface area contributed by atoms with Crippen molar-refractivity contribution in [1.29, 1.82) is 0 Å². The molecule has 104 valence electrons. The summed E-state index contributed by atoms with van der Waals surface area (Å²) in [6, 6.07) is 17.7. The molecule has 2 nitrogen and oxygen atoms in total. The molecule has 2 heteroatoms. The van der Waals surface area contributed by atoms with Crippen molar-refractivity contribution in [3.63, 3.8) is 0 Å². The largest absolute Gasteiger partial charge is 0.314 e. The number of hydrogen-bond donors (Lipinski definition) is 1. The fourth-order valence-electron chi connectivity index (χ4n) is 2.80. The number of benzene rings is 2. The Labute approximate surface area is 121 Å². The van der Waals surface area contributed by atoms with Crippen LogP contribution in [0.2, 0.25) is 0 Å². The highest BCUT2D eigenvalue weighted by Gasteiger charge is 2.10. The Morgan fingerprint density at radius 3 is 2.40 bits per heavy atom. The predicted molar refractivity (Wildman–Crippen MR) is 84.8 cm³/mol. The number of rotatable bonds is 3. The van der Waals surface area contributed by atoms with Gasteiger partial charge in [-0.25, -0.2) is 0 Å². The molecule has 2 aromatic rings. The van der Waals surface area contributed by atoms with Gasteiger partial charge in [-0.05, 0) is 29.7 Å². The summed E-state index contributed by atoms with van der Waals surface area (Å²) < 4.78 is 0. The van der Waals surface area contributed by atoms with Gasteiger partial charge in [0.25, 0.3) is 0 Å². The van der Waals surface area contributed by atoms with Crippen molar-refractivity contribution < 1.29 is 0 Å². The van der Waals surface area contributed by atoms with Gasteiger partial charge in [-0.1, -0.05) is 48.0 Å². The number of nitrogens with zero attached hydrogens (tertiary/aromatic N) is 1. The molecule has 1 fully saturated rings. The molecule has 0 unspecified atom stereocenters. The highest BCUT2D eigenvalue weighted by molar-refractivity contribution is 5.64. The van der Waals surface area contributed by atoms with Crippen molar-refractivity contribution in [2.75, 3.05) is 26.2 Å². The average molecular weight is 266 g/mol. The smallest absolute Gasteiger partial charge is 0.0235 e. The Balaban J connectivity index is 1.78. The average Bonchev–Trinajstić information content (AvgIpc) is 2.49. The lowest BCUT2D eigenvalue weighted by Gasteiger charge is -2.27. The van der Waals surface area contributed by atoms with Crippen molar-refractivity contribution >= 4 is 0 Å². The van der Waals surface area contributed by atoms with Crippen LogP contribution in [0.4, 0.5) is 0 Å². The van der Waals surface area contributed by atoms with Gasteiger partial charge in [0.2, 0.25) is 0 Å². The molecule has 1 N–H and O–H groups in total. The quantitative estimate of drug-likeness (QED) is 0.918. The van der Waals surface area contributed by atoms with Crippen molar-refractivity contribution in [3.05, 3.63) is 59.7 Å². The fraction of sp³-hybridized carbons (Fsp3) is 0.333. The van der Waals surface area contributed by atoms with Crippen LogP contribution in [0.3, 0.4) is 0 Å². The van der Waals surface area contributed by atoms with Gasteiger partial charge in [-0.3, -0.25) is 4.90 Å². The molecule has 1 saturated heterocycles. The molecule has 0 aliphatic carbocycles. The zero-order chi connectivity index (χ0) is 13.8. The van der Waals surface area contributed by atoms with Gasteiger partial charge in [-0.2, -0.15) is 0 Å². The zero-order valence-corrected chi connectivity index (χ0v) is 12.1. The first-order chi connectivity index (χ1) is 9.81. The standard InChI is InChI=1S/C18H22N2/c1-15-4-2-6-17(12-15)18-7-3-5-16(13-18)14-20-10-8-19-9-11-20/h2-7,12-13,19H,8-11,14H2,1H3. The minimum atomic E-state index is 1.06. The molecule has 0 aromatic heterocycles. The van der Waals surface area contributed by atoms with Crippen molar-refractivity contribution in [3.8, 4) is 11.1 Å². The second kappa shape index (κ2) is 6.21. The first-order valence-corrected chi connectivity index (χ1v) is 7.40. The maximum Gasteiger partial charge on any atom is 0.0235 e. The molecular weight excluding hydrogens is 244 g/mol. The molecule has 1 heterocycles. The van der Waals surface area contributed by atoms with Crippen molar-refractivity contribution in [2.45, 2.75) is 13.5 Å². The molecule has 0 radical (unpaired) electrons. The molecule has 0 bridgehead atoms. The van der Waals surface area contributed by atoms with Crippen LogP contribution in [0.25, 0.3) is 11.1 Å². The predicted octanol–water partition coefficient (Wildman–Crippen LogP) is 3.07. The summed E-state index contributed by atoms with van der Waals surface area (Å²) in [6.45, 7) is 7.72. The van der Waals surface area contributed by atoms with Crippen molar-refractivity contribution in [1.82, 2.24) is 10.2 Å². The fourth-order valence-corrected chi connectivity index (χ4v) is 2.80. The molecule has 2 aromatic carbocycles. The van der Waals surface area contributed by atoms with Gasteiger partial charge in [0.15, 0.2) is 0 Å². The minimum Gasteiger partial charge on any atom is -0.314 e. The Morgan fingerprint density at radius 1 is 0.950 bits per heavy atom. The normalized spacial score (nSPS) is 16.2. The van der Waals surface area contributed by atoms with E-state index >= 15 is 0 Å². The third-order valence-electron chi connectivity index (χ3n) is 3.89. The molecule has 0 saturated carbocycles. The topological polar surface area (TPSA) is 15.3 Å². The van der Waals surface area contributed by atoms with E-state index in [1.165, 1.54) is 22.3 Å². The minimum absolute atomic E-state index is 1.06. The van der Waals surface area contributed by atoms with Crippen LogP contribution < -0.4 is 5.32 Å². The number of piperazine rings is 1. The van der Waals surface area contributed by atoms with Gasteiger partial charge in [0.1, 0.15) is 0 Å². The first kappa shape index (κ1) is 13.3. The van der Waals surface area contributed by atoms with Crippen LogP contribution in [-0.2, 0) is 6.54 Å².